The Hall–Kier alpha value is -2.38. The van der Waals surface area contributed by atoms with Gasteiger partial charge >= 0.3 is 6.03 Å². The van der Waals surface area contributed by atoms with Crippen molar-refractivity contribution in [3.05, 3.63) is 48.2 Å². The van der Waals surface area contributed by atoms with Crippen molar-refractivity contribution in [3.8, 4) is 0 Å². The van der Waals surface area contributed by atoms with Crippen molar-refractivity contribution >= 4 is 11.8 Å². The predicted octanol–water partition coefficient (Wildman–Crippen LogP) is 1.07. The molecule has 1 saturated heterocycles. The van der Waals surface area contributed by atoms with E-state index in [1.165, 1.54) is 5.56 Å². The summed E-state index contributed by atoms with van der Waals surface area (Å²) in [6.07, 6.45) is 1.86. The number of piperazine rings is 1. The molecule has 2 N–H and O–H groups in total. The van der Waals surface area contributed by atoms with Crippen LogP contribution in [0.15, 0.2) is 42.6 Å². The van der Waals surface area contributed by atoms with E-state index in [0.29, 0.717) is 32.0 Å². The summed E-state index contributed by atoms with van der Waals surface area (Å²) in [4.78, 5) is 16.2. The largest absolute Gasteiger partial charge is 0.395 e. The van der Waals surface area contributed by atoms with Crippen molar-refractivity contribution in [2.75, 3.05) is 44.6 Å². The van der Waals surface area contributed by atoms with E-state index in [2.05, 4.69) is 15.3 Å². The van der Waals surface area contributed by atoms with Crippen LogP contribution < -0.4 is 5.32 Å². The molecular weight excluding hydrogens is 306 g/mol. The summed E-state index contributed by atoms with van der Waals surface area (Å²) in [5.41, 5.74) is 1.17. The average molecular weight is 329 g/mol. The lowest BCUT2D eigenvalue weighted by atomic mass is 10.2. The van der Waals surface area contributed by atoms with Crippen LogP contribution in [0, 0.1) is 0 Å². The van der Waals surface area contributed by atoms with Crippen LogP contribution in [0.3, 0.4) is 0 Å². The van der Waals surface area contributed by atoms with Gasteiger partial charge in [-0.1, -0.05) is 30.3 Å². The molecule has 2 amide bonds. The molecule has 0 spiro atoms. The Morgan fingerprint density at radius 2 is 1.88 bits per heavy atom. The van der Waals surface area contributed by atoms with Gasteiger partial charge in [-0.25, -0.2) is 4.79 Å². The van der Waals surface area contributed by atoms with Gasteiger partial charge in [-0.05, 0) is 5.56 Å². The summed E-state index contributed by atoms with van der Waals surface area (Å²) in [6, 6.07) is 11.8. The fourth-order valence-corrected chi connectivity index (χ4v) is 2.79. The van der Waals surface area contributed by atoms with E-state index in [1.54, 1.807) is 4.90 Å². The van der Waals surface area contributed by atoms with Crippen molar-refractivity contribution in [3.63, 3.8) is 0 Å². The molecule has 1 aromatic carbocycles. The molecule has 1 aliphatic rings. The van der Waals surface area contributed by atoms with Crippen LogP contribution in [0.4, 0.5) is 10.6 Å². The zero-order chi connectivity index (χ0) is 16.8. The quantitative estimate of drug-likeness (QED) is 0.861. The summed E-state index contributed by atoms with van der Waals surface area (Å²) >= 11 is 0. The van der Waals surface area contributed by atoms with E-state index in [1.807, 2.05) is 47.3 Å². The number of carbonyl (C=O) groups is 1. The maximum absolute atomic E-state index is 12.3. The molecule has 1 aromatic heterocycles. The minimum absolute atomic E-state index is 0.122. The third kappa shape index (κ3) is 4.33. The lowest BCUT2D eigenvalue weighted by Gasteiger charge is -2.34. The van der Waals surface area contributed by atoms with Crippen molar-refractivity contribution in [2.45, 2.75) is 6.54 Å². The Morgan fingerprint density at radius 1 is 1.12 bits per heavy atom. The number of hydrogen-bond donors (Lipinski definition) is 2. The smallest absolute Gasteiger partial charge is 0.323 e. The van der Waals surface area contributed by atoms with Crippen LogP contribution in [-0.2, 0) is 6.54 Å². The van der Waals surface area contributed by atoms with E-state index in [4.69, 9.17) is 5.11 Å². The maximum atomic E-state index is 12.3. The van der Waals surface area contributed by atoms with Gasteiger partial charge < -0.3 is 10.0 Å². The van der Waals surface area contributed by atoms with Gasteiger partial charge in [0.05, 0.1) is 13.2 Å². The molecule has 0 saturated carbocycles. The summed E-state index contributed by atoms with van der Waals surface area (Å²) in [6.45, 7) is 4.40. The molecule has 0 unspecified atom stereocenters. The van der Waals surface area contributed by atoms with Crippen LogP contribution in [0.5, 0.6) is 0 Å². The number of aliphatic hydroxyl groups excluding tert-OH is 1. The first-order valence-electron chi connectivity index (χ1n) is 8.21. The molecule has 1 fully saturated rings. The van der Waals surface area contributed by atoms with Gasteiger partial charge in [0.1, 0.15) is 0 Å². The first-order chi connectivity index (χ1) is 11.7. The number of rotatable bonds is 5. The van der Waals surface area contributed by atoms with Crippen molar-refractivity contribution in [2.24, 2.45) is 0 Å². The van der Waals surface area contributed by atoms with E-state index in [0.717, 1.165) is 13.1 Å². The summed E-state index contributed by atoms with van der Waals surface area (Å²) in [5.74, 6) is 0.564. The molecule has 2 aromatic rings. The number of hydrogen-bond acceptors (Lipinski definition) is 4. The molecule has 0 atom stereocenters. The Balaban J connectivity index is 1.50. The van der Waals surface area contributed by atoms with Crippen molar-refractivity contribution in [1.29, 1.82) is 0 Å². The minimum atomic E-state index is -0.122. The Bertz CT molecular complexity index is 650. The summed E-state index contributed by atoms with van der Waals surface area (Å²) < 4.78 is 1.81. The molecule has 0 radical (unpaired) electrons. The highest BCUT2D eigenvalue weighted by Gasteiger charge is 2.21. The van der Waals surface area contributed by atoms with Gasteiger partial charge in [-0.15, -0.1) is 0 Å². The number of anilines is 1. The Morgan fingerprint density at radius 3 is 2.58 bits per heavy atom. The lowest BCUT2D eigenvalue weighted by Crippen LogP contribution is -2.50. The standard InChI is InChI=1S/C17H23N5O2/c23-13-12-20-8-10-21(11-9-20)17(24)18-16-6-7-22(19-16)14-15-4-2-1-3-5-15/h1-7,23H,8-14H2,(H,18,19,24). The number of amides is 2. The molecule has 3 rings (SSSR count). The highest BCUT2D eigenvalue weighted by Crippen LogP contribution is 2.09. The lowest BCUT2D eigenvalue weighted by molar-refractivity contribution is 0.127. The third-order valence-corrected chi connectivity index (χ3v) is 4.14. The third-order valence-electron chi connectivity index (χ3n) is 4.14. The second kappa shape index (κ2) is 7.94. The van der Waals surface area contributed by atoms with Crippen LogP contribution >= 0.6 is 0 Å². The monoisotopic (exact) mass is 329 g/mol. The van der Waals surface area contributed by atoms with Gasteiger partial charge in [-0.3, -0.25) is 14.9 Å². The minimum Gasteiger partial charge on any atom is -0.395 e. The van der Waals surface area contributed by atoms with E-state index >= 15 is 0 Å². The van der Waals surface area contributed by atoms with Gasteiger partial charge in [0, 0.05) is 45.0 Å². The molecule has 7 nitrogen and oxygen atoms in total. The molecule has 2 heterocycles. The fourth-order valence-electron chi connectivity index (χ4n) is 2.79. The highest BCUT2D eigenvalue weighted by atomic mass is 16.3. The summed E-state index contributed by atoms with van der Waals surface area (Å²) in [5, 5.41) is 16.2. The second-order valence-electron chi connectivity index (χ2n) is 5.87. The predicted molar refractivity (Wildman–Crippen MR) is 91.9 cm³/mol. The number of urea groups is 1. The number of β-amino-alcohol motifs (C(OH)–C–C–N with tert-alkyl or cyclic N) is 1. The number of benzene rings is 1. The van der Waals surface area contributed by atoms with E-state index in [9.17, 15) is 4.79 Å². The molecule has 0 bridgehead atoms. The number of nitrogens with one attached hydrogen (secondary N) is 1. The number of aromatic nitrogens is 2. The Labute approximate surface area is 141 Å². The molecular formula is C17H23N5O2. The first kappa shape index (κ1) is 16.5. The normalized spacial score (nSPS) is 15.5. The maximum Gasteiger partial charge on any atom is 0.323 e. The van der Waals surface area contributed by atoms with E-state index < -0.39 is 0 Å². The summed E-state index contributed by atoms with van der Waals surface area (Å²) in [7, 11) is 0. The first-order valence-corrected chi connectivity index (χ1v) is 8.21. The topological polar surface area (TPSA) is 73.6 Å². The van der Waals surface area contributed by atoms with Crippen molar-refractivity contribution < 1.29 is 9.90 Å². The molecule has 128 valence electrons. The number of aliphatic hydroxyl groups is 1. The highest BCUT2D eigenvalue weighted by molar-refractivity contribution is 5.88. The molecule has 0 aliphatic carbocycles. The van der Waals surface area contributed by atoms with Gasteiger partial charge in [0.25, 0.3) is 0 Å². The zero-order valence-electron chi connectivity index (χ0n) is 13.6. The zero-order valence-corrected chi connectivity index (χ0v) is 13.6. The second-order valence-corrected chi connectivity index (χ2v) is 5.87. The van der Waals surface area contributed by atoms with Crippen LogP contribution in [0.1, 0.15) is 5.56 Å². The van der Waals surface area contributed by atoms with Crippen LogP contribution in [0.2, 0.25) is 0 Å². The molecule has 1 aliphatic heterocycles. The van der Waals surface area contributed by atoms with Crippen LogP contribution in [-0.4, -0.2) is 70.0 Å². The van der Waals surface area contributed by atoms with Gasteiger partial charge in [-0.2, -0.15) is 5.10 Å². The molecule has 24 heavy (non-hydrogen) atoms. The number of nitrogens with zero attached hydrogens (tertiary/aromatic N) is 4. The average Bonchev–Trinajstić information content (AvgIpc) is 3.03. The number of carbonyl (C=O) groups excluding carboxylic acids is 1. The fraction of sp³-hybridized carbons (Fsp3) is 0.412. The van der Waals surface area contributed by atoms with Crippen molar-refractivity contribution in [1.82, 2.24) is 19.6 Å². The SMILES string of the molecule is O=C(Nc1ccn(Cc2ccccc2)n1)N1CCN(CCO)CC1. The van der Waals surface area contributed by atoms with E-state index in [-0.39, 0.29) is 12.6 Å². The molecule has 7 heteroatoms. The Kier molecular flexibility index (Phi) is 5.45. The van der Waals surface area contributed by atoms with Crippen LogP contribution in [0.25, 0.3) is 0 Å². The van der Waals surface area contributed by atoms with Gasteiger partial charge in [0.2, 0.25) is 0 Å². The van der Waals surface area contributed by atoms with Gasteiger partial charge in [0.15, 0.2) is 5.82 Å².